The average Bonchev–Trinajstić information content (AvgIpc) is 3.25. The van der Waals surface area contributed by atoms with Gasteiger partial charge < -0.3 is 10.1 Å². The van der Waals surface area contributed by atoms with E-state index in [1.807, 2.05) is 6.92 Å². The standard InChI is InChI=1S/C15H24N2O3S/c1-2-20-15-9-7-14(8-10-15)17-21(18,19)12-4-3-11-16-13-5-6-13/h7-10,13,16-17H,2-6,11-12H2,1H3. The topological polar surface area (TPSA) is 67.4 Å². The lowest BCUT2D eigenvalue weighted by Gasteiger charge is -2.09. The second-order valence-electron chi connectivity index (χ2n) is 5.31. The monoisotopic (exact) mass is 312 g/mol. The van der Waals surface area contributed by atoms with Gasteiger partial charge in [-0.3, -0.25) is 4.72 Å². The number of unbranched alkanes of at least 4 members (excludes halogenated alkanes) is 1. The molecule has 0 radical (unpaired) electrons. The maximum Gasteiger partial charge on any atom is 0.232 e. The van der Waals surface area contributed by atoms with Crippen LogP contribution in [0.1, 0.15) is 32.6 Å². The maximum absolute atomic E-state index is 12.0. The molecule has 0 heterocycles. The van der Waals surface area contributed by atoms with E-state index in [0.29, 0.717) is 24.8 Å². The minimum absolute atomic E-state index is 0.159. The van der Waals surface area contributed by atoms with Crippen LogP contribution < -0.4 is 14.8 Å². The largest absolute Gasteiger partial charge is 0.494 e. The Morgan fingerprint density at radius 1 is 1.19 bits per heavy atom. The molecular weight excluding hydrogens is 288 g/mol. The predicted octanol–water partition coefficient (Wildman–Crippen LogP) is 2.36. The van der Waals surface area contributed by atoms with Crippen LogP contribution in [0.15, 0.2) is 24.3 Å². The Kier molecular flexibility index (Phi) is 5.87. The molecule has 0 aromatic heterocycles. The molecule has 0 bridgehead atoms. The Morgan fingerprint density at radius 3 is 2.52 bits per heavy atom. The molecule has 1 aromatic rings. The zero-order chi connectivity index (χ0) is 15.1. The van der Waals surface area contributed by atoms with Crippen molar-refractivity contribution in [2.45, 2.75) is 38.6 Å². The zero-order valence-corrected chi connectivity index (χ0v) is 13.3. The number of ether oxygens (including phenoxy) is 1. The van der Waals surface area contributed by atoms with Gasteiger partial charge in [0.15, 0.2) is 0 Å². The van der Waals surface area contributed by atoms with Gasteiger partial charge in [-0.15, -0.1) is 0 Å². The molecule has 0 saturated heterocycles. The number of hydrogen-bond acceptors (Lipinski definition) is 4. The van der Waals surface area contributed by atoms with Crippen LogP contribution in [-0.4, -0.2) is 33.4 Å². The van der Waals surface area contributed by atoms with Gasteiger partial charge in [0.2, 0.25) is 10.0 Å². The molecule has 2 N–H and O–H groups in total. The molecule has 1 aromatic carbocycles. The Morgan fingerprint density at radius 2 is 1.90 bits per heavy atom. The lowest BCUT2D eigenvalue weighted by molar-refractivity contribution is 0.340. The molecule has 1 saturated carbocycles. The van der Waals surface area contributed by atoms with Gasteiger partial charge in [-0.25, -0.2) is 8.42 Å². The van der Waals surface area contributed by atoms with E-state index in [4.69, 9.17) is 4.74 Å². The van der Waals surface area contributed by atoms with Crippen molar-refractivity contribution in [2.75, 3.05) is 23.6 Å². The van der Waals surface area contributed by atoms with Gasteiger partial charge in [-0.2, -0.15) is 0 Å². The first kappa shape index (κ1) is 16.1. The van der Waals surface area contributed by atoms with Crippen LogP contribution in [0.5, 0.6) is 5.75 Å². The van der Waals surface area contributed by atoms with E-state index >= 15 is 0 Å². The molecule has 0 atom stereocenters. The first-order chi connectivity index (χ1) is 10.1. The molecule has 5 nitrogen and oxygen atoms in total. The Bertz CT molecular complexity index is 524. The van der Waals surface area contributed by atoms with Gasteiger partial charge in [0.1, 0.15) is 5.75 Å². The van der Waals surface area contributed by atoms with Crippen LogP contribution in [0.4, 0.5) is 5.69 Å². The van der Waals surface area contributed by atoms with Gasteiger partial charge in [-0.05, 0) is 63.4 Å². The highest BCUT2D eigenvalue weighted by Gasteiger charge is 2.19. The maximum atomic E-state index is 12.0. The molecule has 0 amide bonds. The smallest absolute Gasteiger partial charge is 0.232 e. The minimum atomic E-state index is -3.26. The number of anilines is 1. The van der Waals surface area contributed by atoms with Crippen LogP contribution in [0.2, 0.25) is 0 Å². The van der Waals surface area contributed by atoms with E-state index in [2.05, 4.69) is 10.0 Å². The van der Waals surface area contributed by atoms with E-state index in [0.717, 1.165) is 18.7 Å². The highest BCUT2D eigenvalue weighted by atomic mass is 32.2. The molecular formula is C15H24N2O3S. The summed E-state index contributed by atoms with van der Waals surface area (Å²) < 4.78 is 31.8. The highest BCUT2D eigenvalue weighted by Crippen LogP contribution is 2.19. The first-order valence-electron chi connectivity index (χ1n) is 7.56. The molecule has 0 spiro atoms. The fraction of sp³-hybridized carbons (Fsp3) is 0.600. The van der Waals surface area contributed by atoms with Crippen LogP contribution >= 0.6 is 0 Å². The van der Waals surface area contributed by atoms with Crippen molar-refractivity contribution in [3.8, 4) is 5.75 Å². The molecule has 21 heavy (non-hydrogen) atoms. The Labute approximate surface area is 127 Å². The number of benzene rings is 1. The first-order valence-corrected chi connectivity index (χ1v) is 9.21. The highest BCUT2D eigenvalue weighted by molar-refractivity contribution is 7.92. The molecule has 0 unspecified atom stereocenters. The van der Waals surface area contributed by atoms with Gasteiger partial charge in [0.05, 0.1) is 12.4 Å². The lowest BCUT2D eigenvalue weighted by atomic mass is 10.3. The zero-order valence-electron chi connectivity index (χ0n) is 12.5. The van der Waals surface area contributed by atoms with Gasteiger partial charge in [0, 0.05) is 11.7 Å². The van der Waals surface area contributed by atoms with Crippen molar-refractivity contribution in [1.29, 1.82) is 0 Å². The number of nitrogens with one attached hydrogen (secondary N) is 2. The third kappa shape index (κ3) is 6.35. The van der Waals surface area contributed by atoms with E-state index in [-0.39, 0.29) is 5.75 Å². The van der Waals surface area contributed by atoms with Gasteiger partial charge >= 0.3 is 0 Å². The fourth-order valence-electron chi connectivity index (χ4n) is 2.03. The van der Waals surface area contributed by atoms with Gasteiger partial charge in [-0.1, -0.05) is 0 Å². The van der Waals surface area contributed by atoms with Crippen LogP contribution in [0, 0.1) is 0 Å². The minimum Gasteiger partial charge on any atom is -0.494 e. The summed E-state index contributed by atoms with van der Waals surface area (Å²) in [5.74, 6) is 0.902. The lowest BCUT2D eigenvalue weighted by Crippen LogP contribution is -2.20. The van der Waals surface area contributed by atoms with Crippen molar-refractivity contribution in [3.05, 3.63) is 24.3 Å². The number of rotatable bonds is 10. The van der Waals surface area contributed by atoms with E-state index in [1.54, 1.807) is 24.3 Å². The molecule has 6 heteroatoms. The SMILES string of the molecule is CCOc1ccc(NS(=O)(=O)CCCCNC2CC2)cc1. The quantitative estimate of drug-likeness (QED) is 0.651. The molecule has 1 aliphatic rings. The third-order valence-corrected chi connectivity index (χ3v) is 4.66. The summed E-state index contributed by atoms with van der Waals surface area (Å²) in [6.07, 6.45) is 4.09. The summed E-state index contributed by atoms with van der Waals surface area (Å²) in [5, 5.41) is 3.38. The summed E-state index contributed by atoms with van der Waals surface area (Å²) >= 11 is 0. The molecule has 118 valence electrons. The number of sulfonamides is 1. The third-order valence-electron chi connectivity index (χ3n) is 3.29. The second-order valence-corrected chi connectivity index (χ2v) is 7.16. The fourth-order valence-corrected chi connectivity index (χ4v) is 3.21. The summed E-state index contributed by atoms with van der Waals surface area (Å²) in [7, 11) is -3.26. The Hall–Kier alpha value is -1.27. The summed E-state index contributed by atoms with van der Waals surface area (Å²) in [6.45, 7) is 3.41. The van der Waals surface area contributed by atoms with E-state index < -0.39 is 10.0 Å². The number of hydrogen-bond donors (Lipinski definition) is 2. The Balaban J connectivity index is 1.71. The van der Waals surface area contributed by atoms with Crippen molar-refractivity contribution in [1.82, 2.24) is 5.32 Å². The molecule has 0 aliphatic heterocycles. The van der Waals surface area contributed by atoms with Crippen molar-refractivity contribution in [2.24, 2.45) is 0 Å². The molecule has 1 fully saturated rings. The van der Waals surface area contributed by atoms with E-state index in [1.165, 1.54) is 12.8 Å². The molecule has 2 rings (SSSR count). The van der Waals surface area contributed by atoms with Crippen molar-refractivity contribution in [3.63, 3.8) is 0 Å². The summed E-state index contributed by atoms with van der Waals surface area (Å²) in [6, 6.07) is 7.65. The normalized spacial score (nSPS) is 14.9. The van der Waals surface area contributed by atoms with Crippen molar-refractivity contribution < 1.29 is 13.2 Å². The van der Waals surface area contributed by atoms with Crippen molar-refractivity contribution >= 4 is 15.7 Å². The summed E-state index contributed by atoms with van der Waals surface area (Å²) in [5.41, 5.74) is 0.578. The van der Waals surface area contributed by atoms with Crippen LogP contribution in [-0.2, 0) is 10.0 Å². The predicted molar refractivity (Wildman–Crippen MR) is 85.3 cm³/mol. The second kappa shape index (κ2) is 7.66. The summed E-state index contributed by atoms with van der Waals surface area (Å²) in [4.78, 5) is 0. The van der Waals surface area contributed by atoms with Crippen LogP contribution in [0.3, 0.4) is 0 Å². The van der Waals surface area contributed by atoms with Gasteiger partial charge in [0.25, 0.3) is 0 Å². The van der Waals surface area contributed by atoms with Crippen LogP contribution in [0.25, 0.3) is 0 Å². The average molecular weight is 312 g/mol. The molecule has 1 aliphatic carbocycles. The van der Waals surface area contributed by atoms with E-state index in [9.17, 15) is 8.42 Å².